The van der Waals surface area contributed by atoms with Crippen molar-refractivity contribution in [3.05, 3.63) is 0 Å². The molecule has 1 nitrogen and oxygen atoms in total. The highest BCUT2D eigenvalue weighted by atomic mass is 35.6. The largest absolute Gasteiger partial charge is 0.198 e. The molecule has 0 atom stereocenters. The van der Waals surface area contributed by atoms with E-state index in [1.54, 1.807) is 0 Å². The van der Waals surface area contributed by atoms with Crippen LogP contribution in [-0.2, 0) is 0 Å². The third kappa shape index (κ3) is 6.12. The van der Waals surface area contributed by atoms with Gasteiger partial charge in [0.1, 0.15) is 0 Å². The molecule has 0 spiro atoms. The summed E-state index contributed by atoms with van der Waals surface area (Å²) in [5.74, 6) is 0. The molecule has 0 saturated heterocycles. The standard InChI is InChI=1S/C10H20ClNSi/c1-3-8-13(11,9-4-2)10-6-5-7-12/h3-6,8-10H2,1-2H3. The van der Waals surface area contributed by atoms with E-state index in [-0.39, 0.29) is 0 Å². The number of unbranched alkanes of at least 4 members (excludes halogenated alkanes) is 1. The summed E-state index contributed by atoms with van der Waals surface area (Å²) in [7, 11) is -1.47. The maximum absolute atomic E-state index is 8.45. The van der Waals surface area contributed by atoms with Gasteiger partial charge in [-0.2, -0.15) is 16.3 Å². The molecular weight excluding hydrogens is 198 g/mol. The van der Waals surface area contributed by atoms with E-state index in [1.165, 1.54) is 24.9 Å². The first-order valence-electron chi connectivity index (χ1n) is 5.24. The molecule has 0 aromatic rings. The Morgan fingerprint density at radius 2 is 1.69 bits per heavy atom. The van der Waals surface area contributed by atoms with Gasteiger partial charge in [0, 0.05) is 6.42 Å². The first kappa shape index (κ1) is 13.0. The summed E-state index contributed by atoms with van der Waals surface area (Å²) in [5.41, 5.74) is 0. The molecule has 0 rings (SSSR count). The fourth-order valence-electron chi connectivity index (χ4n) is 1.76. The van der Waals surface area contributed by atoms with Crippen LogP contribution in [0.4, 0.5) is 0 Å². The van der Waals surface area contributed by atoms with E-state index in [9.17, 15) is 0 Å². The minimum absolute atomic E-state index is 0.675. The van der Waals surface area contributed by atoms with E-state index in [0.717, 1.165) is 12.5 Å². The Kier molecular flexibility index (Phi) is 7.40. The van der Waals surface area contributed by atoms with Crippen molar-refractivity contribution < 1.29 is 0 Å². The van der Waals surface area contributed by atoms with Gasteiger partial charge in [-0.15, -0.1) is 0 Å². The molecule has 0 aromatic heterocycles. The molecule has 0 fully saturated rings. The zero-order chi connectivity index (χ0) is 10.2. The van der Waals surface area contributed by atoms with Crippen LogP contribution in [-0.4, -0.2) is 7.38 Å². The smallest absolute Gasteiger partial charge is 0.156 e. The van der Waals surface area contributed by atoms with Gasteiger partial charge in [-0.25, -0.2) is 0 Å². The van der Waals surface area contributed by atoms with Crippen LogP contribution in [0.1, 0.15) is 39.5 Å². The molecule has 13 heavy (non-hydrogen) atoms. The minimum atomic E-state index is -1.47. The zero-order valence-electron chi connectivity index (χ0n) is 8.77. The van der Waals surface area contributed by atoms with Gasteiger partial charge >= 0.3 is 0 Å². The van der Waals surface area contributed by atoms with Crippen LogP contribution in [0.5, 0.6) is 0 Å². The van der Waals surface area contributed by atoms with Crippen molar-refractivity contribution in [2.45, 2.75) is 57.7 Å². The van der Waals surface area contributed by atoms with Gasteiger partial charge in [-0.05, 0) is 24.6 Å². The zero-order valence-corrected chi connectivity index (χ0v) is 10.5. The van der Waals surface area contributed by atoms with Crippen molar-refractivity contribution in [2.24, 2.45) is 0 Å². The molecule has 76 valence electrons. The highest BCUT2D eigenvalue weighted by Crippen LogP contribution is 2.30. The third-order valence-electron chi connectivity index (χ3n) is 2.31. The molecule has 0 N–H and O–H groups in total. The highest BCUT2D eigenvalue weighted by molar-refractivity contribution is 7.20. The molecule has 0 amide bonds. The lowest BCUT2D eigenvalue weighted by Crippen LogP contribution is -2.25. The van der Waals surface area contributed by atoms with Gasteiger partial charge in [-0.3, -0.25) is 0 Å². The predicted molar refractivity (Wildman–Crippen MR) is 61.5 cm³/mol. The van der Waals surface area contributed by atoms with Crippen LogP contribution in [0.2, 0.25) is 18.1 Å². The molecule has 0 radical (unpaired) electrons. The van der Waals surface area contributed by atoms with E-state index < -0.39 is 7.38 Å². The minimum Gasteiger partial charge on any atom is -0.198 e. The molecule has 3 heteroatoms. The van der Waals surface area contributed by atoms with Crippen LogP contribution in [0, 0.1) is 11.3 Å². The Bertz CT molecular complexity index is 159. The number of nitriles is 1. The van der Waals surface area contributed by atoms with Crippen molar-refractivity contribution in [3.63, 3.8) is 0 Å². The third-order valence-corrected chi connectivity index (χ3v) is 8.05. The van der Waals surface area contributed by atoms with Crippen molar-refractivity contribution in [3.8, 4) is 6.07 Å². The van der Waals surface area contributed by atoms with Gasteiger partial charge in [-0.1, -0.05) is 26.7 Å². The normalized spacial score (nSPS) is 11.2. The summed E-state index contributed by atoms with van der Waals surface area (Å²) in [6, 6.07) is 5.75. The quantitative estimate of drug-likeness (QED) is 0.355. The van der Waals surface area contributed by atoms with Crippen molar-refractivity contribution in [1.82, 2.24) is 0 Å². The van der Waals surface area contributed by atoms with Crippen LogP contribution >= 0.6 is 11.1 Å². The second-order valence-electron chi connectivity index (χ2n) is 3.66. The van der Waals surface area contributed by atoms with Gasteiger partial charge < -0.3 is 0 Å². The number of rotatable bonds is 7. The van der Waals surface area contributed by atoms with Crippen LogP contribution in [0.3, 0.4) is 0 Å². The maximum atomic E-state index is 8.45. The predicted octanol–water partition coefficient (Wildman–Crippen LogP) is 4.29. The van der Waals surface area contributed by atoms with Crippen LogP contribution in [0.25, 0.3) is 0 Å². The Labute approximate surface area is 87.8 Å². The second kappa shape index (κ2) is 7.41. The summed E-state index contributed by atoms with van der Waals surface area (Å²) < 4.78 is 0. The topological polar surface area (TPSA) is 23.8 Å². The fraction of sp³-hybridized carbons (Fsp3) is 0.900. The van der Waals surface area contributed by atoms with Crippen LogP contribution in [0.15, 0.2) is 0 Å². The van der Waals surface area contributed by atoms with Crippen molar-refractivity contribution in [2.75, 3.05) is 0 Å². The Hall–Kier alpha value is -0.00312. The number of nitrogens with zero attached hydrogens (tertiary/aromatic N) is 1. The first-order valence-corrected chi connectivity index (χ1v) is 8.87. The summed E-state index contributed by atoms with van der Waals surface area (Å²) in [6.45, 7) is 4.40. The SMILES string of the molecule is CCC[Si](Cl)(CCC)CCCC#N. The second-order valence-corrected chi connectivity index (χ2v) is 9.87. The molecule has 0 unspecified atom stereocenters. The number of hydrogen-bond donors (Lipinski definition) is 0. The maximum Gasteiger partial charge on any atom is 0.156 e. The van der Waals surface area contributed by atoms with Gasteiger partial charge in [0.25, 0.3) is 0 Å². The van der Waals surface area contributed by atoms with Gasteiger partial charge in [0.15, 0.2) is 7.38 Å². The number of hydrogen-bond acceptors (Lipinski definition) is 1. The summed E-state index contributed by atoms with van der Waals surface area (Å²) in [5, 5.41) is 8.45. The van der Waals surface area contributed by atoms with E-state index in [0.29, 0.717) is 6.42 Å². The molecule has 0 aliphatic rings. The molecule has 0 saturated carbocycles. The van der Waals surface area contributed by atoms with Gasteiger partial charge in [0.2, 0.25) is 0 Å². The molecular formula is C10H20ClNSi. The van der Waals surface area contributed by atoms with Gasteiger partial charge in [0.05, 0.1) is 6.07 Å². The molecule has 0 bridgehead atoms. The fourth-order valence-corrected chi connectivity index (χ4v) is 6.64. The monoisotopic (exact) mass is 217 g/mol. The van der Waals surface area contributed by atoms with Crippen molar-refractivity contribution >= 4 is 18.5 Å². The average Bonchev–Trinajstić information content (AvgIpc) is 2.05. The molecule has 0 aliphatic carbocycles. The summed E-state index contributed by atoms with van der Waals surface area (Å²) in [6.07, 6.45) is 4.08. The Morgan fingerprint density at radius 3 is 2.08 bits per heavy atom. The lowest BCUT2D eigenvalue weighted by molar-refractivity contribution is 0.905. The molecule has 0 heterocycles. The number of halogens is 1. The Morgan fingerprint density at radius 1 is 1.15 bits per heavy atom. The van der Waals surface area contributed by atoms with E-state index in [2.05, 4.69) is 19.9 Å². The summed E-state index contributed by atoms with van der Waals surface area (Å²) >= 11 is 6.60. The lowest BCUT2D eigenvalue weighted by atomic mass is 10.4. The molecule has 0 aliphatic heterocycles. The van der Waals surface area contributed by atoms with Crippen LogP contribution < -0.4 is 0 Å². The highest BCUT2D eigenvalue weighted by Gasteiger charge is 2.27. The average molecular weight is 218 g/mol. The lowest BCUT2D eigenvalue weighted by Gasteiger charge is -2.22. The van der Waals surface area contributed by atoms with E-state index in [4.69, 9.17) is 16.3 Å². The van der Waals surface area contributed by atoms with E-state index in [1.807, 2.05) is 0 Å². The van der Waals surface area contributed by atoms with E-state index >= 15 is 0 Å². The first-order chi connectivity index (χ1) is 6.18. The Balaban J connectivity index is 3.85. The summed E-state index contributed by atoms with van der Waals surface area (Å²) in [4.78, 5) is 0. The molecule has 0 aromatic carbocycles. The van der Waals surface area contributed by atoms with Crippen molar-refractivity contribution in [1.29, 1.82) is 5.26 Å².